The van der Waals surface area contributed by atoms with Crippen molar-refractivity contribution in [2.24, 2.45) is 0 Å². The molecule has 39 heavy (non-hydrogen) atoms. The summed E-state index contributed by atoms with van der Waals surface area (Å²) >= 11 is 0.540. The third kappa shape index (κ3) is 7.54. The number of allylic oxidation sites excluding steroid dienone is 1. The Kier molecular flexibility index (Phi) is 8.86. The van der Waals surface area contributed by atoms with Gasteiger partial charge in [0.2, 0.25) is 0 Å². The second-order valence-corrected chi connectivity index (χ2v) is 9.65. The van der Waals surface area contributed by atoms with E-state index in [9.17, 15) is 31.1 Å². The van der Waals surface area contributed by atoms with E-state index in [1.165, 1.54) is 12.3 Å². The molecule has 2 aromatic carbocycles. The maximum atomic E-state index is 14.2. The van der Waals surface area contributed by atoms with E-state index in [1.54, 1.807) is 41.6 Å². The summed E-state index contributed by atoms with van der Waals surface area (Å²) in [6, 6.07) is 11.6. The normalized spacial score (nSPS) is 14.6. The molecule has 0 amide bonds. The molecule has 5 nitrogen and oxygen atoms in total. The zero-order chi connectivity index (χ0) is 28.0. The fraction of sp³-hybridized carbons (Fsp3) is 0.259. The summed E-state index contributed by atoms with van der Waals surface area (Å²) in [6.45, 7) is 1.96. The zero-order valence-electron chi connectivity index (χ0n) is 20.4. The zero-order valence-corrected chi connectivity index (χ0v) is 21.2. The summed E-state index contributed by atoms with van der Waals surface area (Å²) in [5.74, 6) is -1.17. The number of ether oxygens (including phenoxy) is 1. The number of nitrogens with one attached hydrogen (secondary N) is 1. The van der Waals surface area contributed by atoms with Crippen molar-refractivity contribution in [3.05, 3.63) is 95.5 Å². The number of pyridine rings is 1. The maximum absolute atomic E-state index is 14.2. The minimum Gasteiger partial charge on any atom is -0.381 e. The van der Waals surface area contributed by atoms with Crippen molar-refractivity contribution >= 4 is 23.2 Å². The van der Waals surface area contributed by atoms with Crippen LogP contribution in [-0.2, 0) is 23.6 Å². The molecular formula is C27H23F6N3O2S. The SMILES string of the molecule is O=C(C=CN1CCOCC1)c1ccc(Sc2cccc(NCc3cccnc3)c2)c(C(F)(F)F)c1C(F)(F)F. The molecule has 0 spiro atoms. The monoisotopic (exact) mass is 567 g/mol. The van der Waals surface area contributed by atoms with Gasteiger partial charge in [-0.3, -0.25) is 9.78 Å². The quantitative estimate of drug-likeness (QED) is 0.181. The van der Waals surface area contributed by atoms with Crippen LogP contribution in [0.1, 0.15) is 27.0 Å². The van der Waals surface area contributed by atoms with Gasteiger partial charge in [-0.2, -0.15) is 26.3 Å². The molecule has 12 heteroatoms. The molecular weight excluding hydrogens is 544 g/mol. The molecule has 1 N–H and O–H groups in total. The second-order valence-electron chi connectivity index (χ2n) is 8.53. The Hall–Kier alpha value is -3.51. The van der Waals surface area contributed by atoms with Crippen molar-refractivity contribution in [1.29, 1.82) is 0 Å². The van der Waals surface area contributed by atoms with Gasteiger partial charge in [0, 0.05) is 65.3 Å². The molecule has 1 saturated heterocycles. The molecule has 0 saturated carbocycles. The first-order valence-electron chi connectivity index (χ1n) is 11.8. The number of hydrogen-bond donors (Lipinski definition) is 1. The number of halogens is 6. The van der Waals surface area contributed by atoms with E-state index < -0.39 is 39.7 Å². The lowest BCUT2D eigenvalue weighted by Gasteiger charge is -2.25. The Morgan fingerprint density at radius 1 is 1.00 bits per heavy atom. The Bertz CT molecular complexity index is 1320. The lowest BCUT2D eigenvalue weighted by Crippen LogP contribution is -2.32. The van der Waals surface area contributed by atoms with Gasteiger partial charge < -0.3 is 15.0 Å². The van der Waals surface area contributed by atoms with Crippen LogP contribution < -0.4 is 5.32 Å². The summed E-state index contributed by atoms with van der Waals surface area (Å²) < 4.78 is 90.0. The van der Waals surface area contributed by atoms with Crippen molar-refractivity contribution in [3.63, 3.8) is 0 Å². The van der Waals surface area contributed by atoms with Crippen molar-refractivity contribution in [1.82, 2.24) is 9.88 Å². The van der Waals surface area contributed by atoms with Crippen molar-refractivity contribution in [2.45, 2.75) is 28.7 Å². The largest absolute Gasteiger partial charge is 0.418 e. The first-order valence-corrected chi connectivity index (χ1v) is 12.6. The third-order valence-electron chi connectivity index (χ3n) is 5.76. The molecule has 1 fully saturated rings. The molecule has 0 unspecified atom stereocenters. The van der Waals surface area contributed by atoms with E-state index in [2.05, 4.69) is 10.3 Å². The van der Waals surface area contributed by atoms with Crippen LogP contribution in [-0.4, -0.2) is 42.0 Å². The van der Waals surface area contributed by atoms with Crippen LogP contribution in [0.4, 0.5) is 32.0 Å². The molecule has 1 aromatic heterocycles. The number of benzene rings is 2. The van der Waals surface area contributed by atoms with Crippen LogP contribution in [0, 0.1) is 0 Å². The number of carbonyl (C=O) groups excluding carboxylic acids is 1. The number of ketones is 1. The van der Waals surface area contributed by atoms with Crippen LogP contribution >= 0.6 is 11.8 Å². The summed E-state index contributed by atoms with van der Waals surface area (Å²) in [4.78, 5) is 18.0. The minimum absolute atomic E-state index is 0.288. The molecule has 1 aliphatic heterocycles. The van der Waals surface area contributed by atoms with Gasteiger partial charge in [0.1, 0.15) is 0 Å². The highest BCUT2D eigenvalue weighted by Gasteiger charge is 2.47. The molecule has 0 atom stereocenters. The van der Waals surface area contributed by atoms with Gasteiger partial charge in [0.05, 0.1) is 24.3 Å². The van der Waals surface area contributed by atoms with Crippen LogP contribution in [0.3, 0.4) is 0 Å². The summed E-state index contributed by atoms with van der Waals surface area (Å²) in [5.41, 5.74) is -3.52. The van der Waals surface area contributed by atoms with Gasteiger partial charge >= 0.3 is 12.4 Å². The summed E-state index contributed by atoms with van der Waals surface area (Å²) in [6.07, 6.45) is -5.38. The predicted octanol–water partition coefficient (Wildman–Crippen LogP) is 6.91. The standard InChI is InChI=1S/C27H23F6N3O2S/c28-26(29,30)24-21(22(37)8-10-36-11-13-38-14-12-36)6-7-23(25(24)27(31,32)33)39-20-5-1-4-19(15-20)35-17-18-3-2-9-34-16-18/h1-10,15-16,35H,11-14,17H2. The highest BCUT2D eigenvalue weighted by atomic mass is 32.2. The van der Waals surface area contributed by atoms with E-state index >= 15 is 0 Å². The maximum Gasteiger partial charge on any atom is 0.418 e. The molecule has 4 rings (SSSR count). The average molecular weight is 568 g/mol. The third-order valence-corrected chi connectivity index (χ3v) is 6.81. The number of morpholine rings is 1. The highest BCUT2D eigenvalue weighted by molar-refractivity contribution is 7.99. The number of rotatable bonds is 8. The van der Waals surface area contributed by atoms with Crippen molar-refractivity contribution < 1.29 is 35.9 Å². The lowest BCUT2D eigenvalue weighted by molar-refractivity contribution is -0.163. The molecule has 2 heterocycles. The molecule has 0 radical (unpaired) electrons. The highest BCUT2D eigenvalue weighted by Crippen LogP contribution is 2.48. The fourth-order valence-corrected chi connectivity index (χ4v) is 4.98. The number of nitrogens with zero attached hydrogens (tertiary/aromatic N) is 2. The van der Waals surface area contributed by atoms with E-state index in [1.807, 2.05) is 6.07 Å². The number of anilines is 1. The average Bonchev–Trinajstić information content (AvgIpc) is 2.90. The number of aromatic nitrogens is 1. The first kappa shape index (κ1) is 28.5. The second kappa shape index (κ2) is 12.1. The number of carbonyl (C=O) groups is 1. The molecule has 0 bridgehead atoms. The van der Waals surface area contributed by atoms with Gasteiger partial charge in [0.25, 0.3) is 0 Å². The summed E-state index contributed by atoms with van der Waals surface area (Å²) in [5, 5.41) is 3.11. The van der Waals surface area contributed by atoms with Gasteiger partial charge in [-0.1, -0.05) is 23.9 Å². The molecule has 1 aliphatic rings. The number of hydrogen-bond acceptors (Lipinski definition) is 6. The van der Waals surface area contributed by atoms with Crippen molar-refractivity contribution in [2.75, 3.05) is 31.6 Å². The van der Waals surface area contributed by atoms with Crippen LogP contribution in [0.5, 0.6) is 0 Å². The Morgan fingerprint density at radius 3 is 2.41 bits per heavy atom. The van der Waals surface area contributed by atoms with E-state index in [0.29, 0.717) is 50.3 Å². The van der Waals surface area contributed by atoms with E-state index in [-0.39, 0.29) is 4.90 Å². The summed E-state index contributed by atoms with van der Waals surface area (Å²) in [7, 11) is 0. The Labute approximate surface area is 224 Å². The molecule has 0 aliphatic carbocycles. The van der Waals surface area contributed by atoms with E-state index in [0.717, 1.165) is 23.8 Å². The van der Waals surface area contributed by atoms with Gasteiger partial charge in [-0.05, 0) is 42.0 Å². The van der Waals surface area contributed by atoms with Gasteiger partial charge in [-0.15, -0.1) is 0 Å². The Morgan fingerprint density at radius 2 is 1.74 bits per heavy atom. The van der Waals surface area contributed by atoms with Crippen LogP contribution in [0.15, 0.2) is 83.0 Å². The topological polar surface area (TPSA) is 54.5 Å². The fourth-order valence-electron chi connectivity index (χ4n) is 3.94. The smallest absolute Gasteiger partial charge is 0.381 e. The Balaban J connectivity index is 1.66. The van der Waals surface area contributed by atoms with Crippen LogP contribution in [0.2, 0.25) is 0 Å². The first-order chi connectivity index (χ1) is 18.5. The lowest BCUT2D eigenvalue weighted by atomic mass is 9.96. The molecule has 206 valence electrons. The predicted molar refractivity (Wildman–Crippen MR) is 134 cm³/mol. The minimum atomic E-state index is -5.42. The van der Waals surface area contributed by atoms with Gasteiger partial charge in [-0.25, -0.2) is 0 Å². The number of alkyl halides is 6. The van der Waals surface area contributed by atoms with Crippen LogP contribution in [0.25, 0.3) is 0 Å². The molecule has 3 aromatic rings. The van der Waals surface area contributed by atoms with Gasteiger partial charge in [0.15, 0.2) is 5.78 Å². The van der Waals surface area contributed by atoms with E-state index in [4.69, 9.17) is 4.74 Å². The van der Waals surface area contributed by atoms with Crippen molar-refractivity contribution in [3.8, 4) is 0 Å².